The maximum absolute atomic E-state index is 13.2. The first-order valence-electron chi connectivity index (χ1n) is 10.8. The number of pyridine rings is 1. The highest BCUT2D eigenvalue weighted by molar-refractivity contribution is 5.85. The molecular formula is C23H26F3N5O3. The fourth-order valence-electron chi connectivity index (χ4n) is 3.88. The van der Waals surface area contributed by atoms with Crippen molar-refractivity contribution >= 4 is 11.9 Å². The molecule has 0 unspecified atom stereocenters. The number of alkyl halides is 3. The maximum Gasteiger partial charge on any atom is 0.415 e. The number of anilines is 1. The number of nitriles is 1. The van der Waals surface area contributed by atoms with Crippen LogP contribution in [0.15, 0.2) is 29.2 Å². The molecule has 34 heavy (non-hydrogen) atoms. The molecule has 1 aliphatic rings. The van der Waals surface area contributed by atoms with Crippen molar-refractivity contribution in [3.8, 4) is 11.8 Å². The van der Waals surface area contributed by atoms with E-state index < -0.39 is 35.3 Å². The van der Waals surface area contributed by atoms with Crippen LogP contribution in [0.2, 0.25) is 0 Å². The van der Waals surface area contributed by atoms with Gasteiger partial charge in [0.05, 0.1) is 17.8 Å². The lowest BCUT2D eigenvalue weighted by Gasteiger charge is -2.31. The zero-order valence-electron chi connectivity index (χ0n) is 19.4. The molecule has 0 saturated heterocycles. The number of carbonyl (C=O) groups is 1. The quantitative estimate of drug-likeness (QED) is 0.635. The lowest BCUT2D eigenvalue weighted by molar-refractivity contribution is -0.182. The number of aromatic nitrogens is 3. The summed E-state index contributed by atoms with van der Waals surface area (Å²) in [6.07, 6.45) is -3.45. The van der Waals surface area contributed by atoms with E-state index in [9.17, 15) is 22.8 Å². The second kappa shape index (κ2) is 9.44. The van der Waals surface area contributed by atoms with Gasteiger partial charge in [-0.1, -0.05) is 0 Å². The molecule has 0 aliphatic heterocycles. The Labute approximate surface area is 195 Å². The highest BCUT2D eigenvalue weighted by Crippen LogP contribution is 2.42. The molecule has 1 amide bonds. The minimum absolute atomic E-state index is 0.0325. The van der Waals surface area contributed by atoms with Crippen LogP contribution in [0.5, 0.6) is 0 Å². The fraction of sp³-hybridized carbons (Fsp3) is 0.522. The van der Waals surface area contributed by atoms with Crippen molar-refractivity contribution < 1.29 is 22.7 Å². The molecule has 11 heteroatoms. The molecule has 8 nitrogen and oxygen atoms in total. The number of halogens is 3. The Kier molecular flexibility index (Phi) is 7.00. The van der Waals surface area contributed by atoms with E-state index >= 15 is 0 Å². The molecule has 2 heterocycles. The van der Waals surface area contributed by atoms with Crippen LogP contribution in [0, 0.1) is 17.2 Å². The number of nitrogens with zero attached hydrogens (tertiary/aromatic N) is 5. The van der Waals surface area contributed by atoms with Crippen LogP contribution in [0.25, 0.3) is 5.69 Å². The van der Waals surface area contributed by atoms with Crippen molar-refractivity contribution in [3.05, 3.63) is 46.3 Å². The fourth-order valence-corrected chi connectivity index (χ4v) is 3.88. The van der Waals surface area contributed by atoms with Crippen LogP contribution in [0.3, 0.4) is 0 Å². The van der Waals surface area contributed by atoms with Crippen molar-refractivity contribution in [1.29, 1.82) is 5.26 Å². The molecule has 0 spiro atoms. The molecule has 0 N–H and O–H groups in total. The van der Waals surface area contributed by atoms with Crippen molar-refractivity contribution in [1.82, 2.24) is 14.5 Å². The van der Waals surface area contributed by atoms with Crippen molar-refractivity contribution in [3.63, 3.8) is 0 Å². The molecule has 1 aliphatic carbocycles. The van der Waals surface area contributed by atoms with E-state index in [0.717, 1.165) is 11.0 Å². The third-order valence-electron chi connectivity index (χ3n) is 5.62. The first-order valence-corrected chi connectivity index (χ1v) is 10.8. The summed E-state index contributed by atoms with van der Waals surface area (Å²) in [5.41, 5.74) is -0.818. The van der Waals surface area contributed by atoms with Crippen LogP contribution < -0.4 is 10.5 Å². The smallest absolute Gasteiger partial charge is 0.415 e. The van der Waals surface area contributed by atoms with Gasteiger partial charge in [-0.05, 0) is 58.6 Å². The maximum atomic E-state index is 13.2. The number of hydrogen-bond donors (Lipinski definition) is 0. The van der Waals surface area contributed by atoms with E-state index in [0.29, 0.717) is 5.69 Å². The number of amides is 1. The van der Waals surface area contributed by atoms with Crippen molar-refractivity contribution in [2.45, 2.75) is 64.1 Å². The third kappa shape index (κ3) is 5.73. The van der Waals surface area contributed by atoms with Crippen molar-refractivity contribution in [2.75, 3.05) is 11.9 Å². The Bertz CT molecular complexity index is 1140. The van der Waals surface area contributed by atoms with Gasteiger partial charge in [-0.3, -0.25) is 14.3 Å². The number of rotatable bonds is 3. The topological polar surface area (TPSA) is 101 Å². The van der Waals surface area contributed by atoms with Crippen LogP contribution in [-0.4, -0.2) is 39.5 Å². The van der Waals surface area contributed by atoms with Gasteiger partial charge >= 0.3 is 12.3 Å². The SMILES string of the molecule is CN(C(=O)OC(C)(C)C)c1cc(=O)n(-c2ccc(C#N)nc2)c(C2CCC(C(F)(F)F)CC2)n1. The zero-order valence-corrected chi connectivity index (χ0v) is 19.4. The lowest BCUT2D eigenvalue weighted by Crippen LogP contribution is -2.37. The Morgan fingerprint density at radius 2 is 1.85 bits per heavy atom. The highest BCUT2D eigenvalue weighted by Gasteiger charge is 2.42. The highest BCUT2D eigenvalue weighted by atomic mass is 19.4. The molecule has 0 aromatic carbocycles. The standard InChI is InChI=1S/C23H26F3N5O3/c1-22(2,3)34-21(33)30(4)18-11-19(32)31(17-10-9-16(12-27)28-13-17)20(29-18)14-5-7-15(8-6-14)23(24,25)26/h9-11,13-15H,5-8H2,1-4H3. The second-order valence-corrected chi connectivity index (χ2v) is 9.29. The minimum atomic E-state index is -4.27. The van der Waals surface area contributed by atoms with Gasteiger partial charge in [-0.25, -0.2) is 14.8 Å². The number of ether oxygens (including phenoxy) is 1. The van der Waals surface area contributed by atoms with E-state index in [2.05, 4.69) is 9.97 Å². The minimum Gasteiger partial charge on any atom is -0.443 e. The van der Waals surface area contributed by atoms with Crippen LogP contribution in [-0.2, 0) is 4.74 Å². The van der Waals surface area contributed by atoms with E-state index in [1.165, 1.54) is 29.9 Å². The van der Waals surface area contributed by atoms with Gasteiger partial charge < -0.3 is 4.74 Å². The average Bonchev–Trinajstić information content (AvgIpc) is 2.76. The molecule has 2 aromatic heterocycles. The summed E-state index contributed by atoms with van der Waals surface area (Å²) in [5.74, 6) is -1.56. The summed E-state index contributed by atoms with van der Waals surface area (Å²) in [6, 6.07) is 6.02. The monoisotopic (exact) mass is 477 g/mol. The average molecular weight is 477 g/mol. The third-order valence-corrected chi connectivity index (χ3v) is 5.62. The first-order chi connectivity index (χ1) is 15.8. The summed E-state index contributed by atoms with van der Waals surface area (Å²) in [4.78, 5) is 35.3. The van der Waals surface area contributed by atoms with Crippen LogP contribution in [0.1, 0.15) is 63.9 Å². The van der Waals surface area contributed by atoms with Gasteiger partial charge in [-0.15, -0.1) is 0 Å². The Morgan fingerprint density at radius 1 is 1.21 bits per heavy atom. The molecule has 3 rings (SSSR count). The molecule has 0 atom stereocenters. The van der Waals surface area contributed by atoms with Gasteiger partial charge in [0, 0.05) is 19.0 Å². The molecule has 0 bridgehead atoms. The Hall–Kier alpha value is -3.42. The van der Waals surface area contributed by atoms with Gasteiger partial charge in [0.1, 0.15) is 29.0 Å². The zero-order chi connectivity index (χ0) is 25.3. The number of carbonyl (C=O) groups excluding carboxylic acids is 1. The molecule has 0 radical (unpaired) electrons. The Morgan fingerprint density at radius 3 is 2.35 bits per heavy atom. The summed E-state index contributed by atoms with van der Waals surface area (Å²) < 4.78 is 46.2. The largest absolute Gasteiger partial charge is 0.443 e. The molecule has 1 fully saturated rings. The molecular weight excluding hydrogens is 451 g/mol. The number of hydrogen-bond acceptors (Lipinski definition) is 6. The summed E-state index contributed by atoms with van der Waals surface area (Å²) in [7, 11) is 1.41. The molecule has 1 saturated carbocycles. The predicted octanol–water partition coefficient (Wildman–Crippen LogP) is 4.71. The summed E-state index contributed by atoms with van der Waals surface area (Å²) >= 11 is 0. The van der Waals surface area contributed by atoms with Gasteiger partial charge in [-0.2, -0.15) is 18.4 Å². The van der Waals surface area contributed by atoms with Gasteiger partial charge in [0.25, 0.3) is 5.56 Å². The first kappa shape index (κ1) is 25.2. The van der Waals surface area contributed by atoms with Crippen LogP contribution >= 0.6 is 0 Å². The van der Waals surface area contributed by atoms with E-state index in [-0.39, 0.29) is 43.0 Å². The predicted molar refractivity (Wildman–Crippen MR) is 118 cm³/mol. The molecule has 2 aromatic rings. The van der Waals surface area contributed by atoms with Crippen molar-refractivity contribution in [2.24, 2.45) is 5.92 Å². The Balaban J connectivity index is 2.04. The summed E-state index contributed by atoms with van der Waals surface area (Å²) in [5, 5.41) is 9.00. The van der Waals surface area contributed by atoms with E-state index in [4.69, 9.17) is 10.00 Å². The normalized spacial score (nSPS) is 18.8. The lowest BCUT2D eigenvalue weighted by atomic mass is 9.81. The summed E-state index contributed by atoms with van der Waals surface area (Å²) in [6.45, 7) is 5.10. The van der Waals surface area contributed by atoms with Crippen LogP contribution in [0.4, 0.5) is 23.8 Å². The molecule has 182 valence electrons. The van der Waals surface area contributed by atoms with Gasteiger partial charge in [0.2, 0.25) is 0 Å². The van der Waals surface area contributed by atoms with E-state index in [1.54, 1.807) is 20.8 Å². The second-order valence-electron chi connectivity index (χ2n) is 9.29. The van der Waals surface area contributed by atoms with E-state index in [1.807, 2.05) is 6.07 Å². The van der Waals surface area contributed by atoms with Gasteiger partial charge in [0.15, 0.2) is 0 Å².